The number of nitrogens with zero attached hydrogens (tertiary/aromatic N) is 4. The Labute approximate surface area is 96.8 Å². The lowest BCUT2D eigenvalue weighted by atomic mass is 10.4. The first-order valence-corrected chi connectivity index (χ1v) is 5.02. The molecule has 8 heteroatoms. The van der Waals surface area contributed by atoms with Crippen molar-refractivity contribution in [2.45, 2.75) is 6.54 Å². The van der Waals surface area contributed by atoms with Crippen LogP contribution in [0.3, 0.4) is 0 Å². The van der Waals surface area contributed by atoms with E-state index in [0.29, 0.717) is 18.8 Å². The summed E-state index contributed by atoms with van der Waals surface area (Å²) in [6, 6.07) is 0. The van der Waals surface area contributed by atoms with Gasteiger partial charge in [0.15, 0.2) is 0 Å². The van der Waals surface area contributed by atoms with Crippen molar-refractivity contribution in [3.63, 3.8) is 0 Å². The molecule has 0 saturated heterocycles. The van der Waals surface area contributed by atoms with Crippen molar-refractivity contribution < 1.29 is 9.32 Å². The summed E-state index contributed by atoms with van der Waals surface area (Å²) in [4.78, 5) is 19.2. The predicted molar refractivity (Wildman–Crippen MR) is 58.0 cm³/mol. The first-order valence-electron chi connectivity index (χ1n) is 5.02. The average molecular weight is 236 g/mol. The molecular formula is C9H12N6O2. The molecule has 2 aromatic rings. The molecule has 90 valence electrons. The number of hydrogen-bond acceptors (Lipinski definition) is 6. The van der Waals surface area contributed by atoms with Crippen molar-refractivity contribution in [2.75, 3.05) is 13.6 Å². The lowest BCUT2D eigenvalue weighted by molar-refractivity contribution is 0.0950. The number of imidazole rings is 1. The number of nitrogens with two attached hydrogens (primary N) is 1. The first kappa shape index (κ1) is 11.3. The lowest BCUT2D eigenvalue weighted by Gasteiger charge is -1.94. The van der Waals surface area contributed by atoms with Gasteiger partial charge in [-0.1, -0.05) is 5.16 Å². The third-order valence-electron chi connectivity index (χ3n) is 2.10. The summed E-state index contributed by atoms with van der Waals surface area (Å²) in [7, 11) is 1.49. The quantitative estimate of drug-likeness (QED) is 0.722. The highest BCUT2D eigenvalue weighted by atomic mass is 16.5. The zero-order valence-corrected chi connectivity index (χ0v) is 9.25. The highest BCUT2D eigenvalue weighted by molar-refractivity contribution is 5.90. The minimum atomic E-state index is -0.401. The molecule has 17 heavy (non-hydrogen) atoms. The largest absolute Gasteiger partial charge is 0.352 e. The van der Waals surface area contributed by atoms with Gasteiger partial charge in [-0.15, -0.1) is 0 Å². The van der Waals surface area contributed by atoms with Gasteiger partial charge in [-0.2, -0.15) is 4.98 Å². The topological polar surface area (TPSA) is 112 Å². The number of rotatable bonds is 4. The molecule has 1 amide bonds. The second-order valence-electron chi connectivity index (χ2n) is 3.29. The van der Waals surface area contributed by atoms with Crippen molar-refractivity contribution in [3.8, 4) is 11.6 Å². The van der Waals surface area contributed by atoms with E-state index in [0.717, 1.165) is 0 Å². The maximum absolute atomic E-state index is 11.2. The van der Waals surface area contributed by atoms with Crippen LogP contribution >= 0.6 is 0 Å². The number of hydrogen-bond donors (Lipinski definition) is 2. The standard InChI is InChI=1S/C9H12N6O2/c1-11-8(16)7-13-9(17-14-7)6-4-15(3-2-10)5-12-6/h4-5H,2-3,10H2,1H3,(H,11,16). The summed E-state index contributed by atoms with van der Waals surface area (Å²) < 4.78 is 6.74. The highest BCUT2D eigenvalue weighted by Crippen LogP contribution is 2.13. The molecule has 2 heterocycles. The zero-order chi connectivity index (χ0) is 12.3. The zero-order valence-electron chi connectivity index (χ0n) is 9.25. The van der Waals surface area contributed by atoms with Crippen molar-refractivity contribution in [1.82, 2.24) is 25.0 Å². The SMILES string of the molecule is CNC(=O)c1noc(-c2cn(CCN)cn2)n1. The summed E-state index contributed by atoms with van der Waals surface area (Å²) in [6.45, 7) is 1.17. The molecule has 0 aromatic carbocycles. The van der Waals surface area contributed by atoms with Crippen molar-refractivity contribution in [3.05, 3.63) is 18.3 Å². The van der Waals surface area contributed by atoms with Crippen LogP contribution in [0, 0.1) is 0 Å². The van der Waals surface area contributed by atoms with Gasteiger partial charge in [-0.25, -0.2) is 4.98 Å². The molecule has 0 fully saturated rings. The van der Waals surface area contributed by atoms with Crippen LogP contribution in [0.1, 0.15) is 10.6 Å². The molecule has 0 aliphatic carbocycles. The van der Waals surface area contributed by atoms with Crippen LogP contribution < -0.4 is 11.1 Å². The maximum atomic E-state index is 11.2. The van der Waals surface area contributed by atoms with Crippen molar-refractivity contribution >= 4 is 5.91 Å². The Kier molecular flexibility index (Phi) is 3.15. The van der Waals surface area contributed by atoms with Crippen molar-refractivity contribution in [2.24, 2.45) is 5.73 Å². The molecule has 0 aliphatic heterocycles. The molecule has 8 nitrogen and oxygen atoms in total. The van der Waals surface area contributed by atoms with E-state index >= 15 is 0 Å². The molecule has 3 N–H and O–H groups in total. The van der Waals surface area contributed by atoms with Crippen LogP contribution in [-0.2, 0) is 6.54 Å². The summed E-state index contributed by atoms with van der Waals surface area (Å²) >= 11 is 0. The van der Waals surface area contributed by atoms with E-state index < -0.39 is 5.91 Å². The molecule has 0 aliphatic rings. The van der Waals surface area contributed by atoms with Gasteiger partial charge in [-0.3, -0.25) is 4.79 Å². The van der Waals surface area contributed by atoms with Gasteiger partial charge in [0.2, 0.25) is 0 Å². The number of carbonyl (C=O) groups excluding carboxylic acids is 1. The Morgan fingerprint density at radius 2 is 2.47 bits per heavy atom. The molecular weight excluding hydrogens is 224 g/mol. The van der Waals surface area contributed by atoms with Crippen LogP contribution in [0.15, 0.2) is 17.0 Å². The Morgan fingerprint density at radius 3 is 3.18 bits per heavy atom. The first-order chi connectivity index (χ1) is 8.24. The Bertz CT molecular complexity index is 517. The monoisotopic (exact) mass is 236 g/mol. The van der Waals surface area contributed by atoms with E-state index in [4.69, 9.17) is 10.3 Å². The van der Waals surface area contributed by atoms with Gasteiger partial charge in [0.25, 0.3) is 17.6 Å². The average Bonchev–Trinajstić information content (AvgIpc) is 2.96. The van der Waals surface area contributed by atoms with Crippen molar-refractivity contribution in [1.29, 1.82) is 0 Å². The third-order valence-corrected chi connectivity index (χ3v) is 2.10. The number of nitrogens with one attached hydrogen (secondary N) is 1. The molecule has 0 bridgehead atoms. The molecule has 0 unspecified atom stereocenters. The molecule has 0 spiro atoms. The third kappa shape index (κ3) is 2.31. The van der Waals surface area contributed by atoms with Gasteiger partial charge in [0.1, 0.15) is 5.69 Å². The molecule has 2 aromatic heterocycles. The normalized spacial score (nSPS) is 10.5. The van der Waals surface area contributed by atoms with Crippen LogP contribution in [0.5, 0.6) is 0 Å². The van der Waals surface area contributed by atoms with E-state index in [9.17, 15) is 4.79 Å². The molecule has 2 rings (SSSR count). The fourth-order valence-electron chi connectivity index (χ4n) is 1.27. The maximum Gasteiger partial charge on any atom is 0.292 e. The van der Waals surface area contributed by atoms with E-state index in [2.05, 4.69) is 20.4 Å². The van der Waals surface area contributed by atoms with Crippen LogP contribution in [-0.4, -0.2) is 39.2 Å². The summed E-state index contributed by atoms with van der Waals surface area (Å²) in [5.41, 5.74) is 5.93. The Hall–Kier alpha value is -2.22. The van der Waals surface area contributed by atoms with Crippen LogP contribution in [0.2, 0.25) is 0 Å². The minimum Gasteiger partial charge on any atom is -0.352 e. The van der Waals surface area contributed by atoms with Gasteiger partial charge >= 0.3 is 0 Å². The van der Waals surface area contributed by atoms with E-state index in [1.807, 2.05) is 0 Å². The Balaban J connectivity index is 2.21. The molecule has 0 saturated carbocycles. The van der Waals surface area contributed by atoms with Crippen LogP contribution in [0.25, 0.3) is 11.6 Å². The number of amides is 1. The van der Waals surface area contributed by atoms with Crippen LogP contribution in [0.4, 0.5) is 0 Å². The Morgan fingerprint density at radius 1 is 1.65 bits per heavy atom. The summed E-state index contributed by atoms with van der Waals surface area (Å²) in [5, 5.41) is 5.95. The lowest BCUT2D eigenvalue weighted by Crippen LogP contribution is -2.19. The number of aromatic nitrogens is 4. The van der Waals surface area contributed by atoms with Gasteiger partial charge in [-0.05, 0) is 0 Å². The highest BCUT2D eigenvalue weighted by Gasteiger charge is 2.15. The minimum absolute atomic E-state index is 0.0177. The molecule has 0 atom stereocenters. The summed E-state index contributed by atoms with van der Waals surface area (Å²) in [5.74, 6) is -0.211. The van der Waals surface area contributed by atoms with Gasteiger partial charge in [0.05, 0.1) is 6.33 Å². The van der Waals surface area contributed by atoms with Gasteiger partial charge < -0.3 is 20.1 Å². The van der Waals surface area contributed by atoms with E-state index in [1.165, 1.54) is 7.05 Å². The predicted octanol–water partition coefficient (Wildman–Crippen LogP) is -0.749. The fraction of sp³-hybridized carbons (Fsp3) is 0.333. The smallest absolute Gasteiger partial charge is 0.292 e. The fourth-order valence-corrected chi connectivity index (χ4v) is 1.27. The second kappa shape index (κ2) is 4.74. The van der Waals surface area contributed by atoms with E-state index in [-0.39, 0.29) is 11.7 Å². The summed E-state index contributed by atoms with van der Waals surface area (Å²) in [6.07, 6.45) is 3.35. The second-order valence-corrected chi connectivity index (χ2v) is 3.29. The number of carbonyl (C=O) groups is 1. The molecule has 0 radical (unpaired) electrons. The van der Waals surface area contributed by atoms with Gasteiger partial charge in [0, 0.05) is 26.3 Å². The van der Waals surface area contributed by atoms with E-state index in [1.54, 1.807) is 17.1 Å².